The summed E-state index contributed by atoms with van der Waals surface area (Å²) < 4.78 is 6.77. The SMILES string of the molecule is C=CCn1c(SCC(=O)Nc2ccc(C(=O)OCC)cc2)nnc1[C@H](C)NC(=O)c1ccccc1. The molecule has 0 saturated carbocycles. The van der Waals surface area contributed by atoms with Crippen LogP contribution in [0.3, 0.4) is 0 Å². The lowest BCUT2D eigenvalue weighted by Gasteiger charge is -2.15. The van der Waals surface area contributed by atoms with Crippen molar-refractivity contribution in [3.05, 3.63) is 84.2 Å². The molecule has 182 valence electrons. The first-order valence-corrected chi connectivity index (χ1v) is 12.0. The van der Waals surface area contributed by atoms with Crippen molar-refractivity contribution >= 4 is 35.2 Å². The lowest BCUT2D eigenvalue weighted by atomic mass is 10.2. The molecule has 2 amide bonds. The molecule has 1 atom stereocenters. The first-order valence-electron chi connectivity index (χ1n) is 11.0. The van der Waals surface area contributed by atoms with Crippen molar-refractivity contribution < 1.29 is 19.1 Å². The number of rotatable bonds is 11. The Morgan fingerprint density at radius 3 is 2.46 bits per heavy atom. The molecule has 0 aliphatic rings. The molecule has 0 radical (unpaired) electrons. The third kappa shape index (κ3) is 7.03. The van der Waals surface area contributed by atoms with E-state index < -0.39 is 12.0 Å². The predicted molar refractivity (Wildman–Crippen MR) is 134 cm³/mol. The Morgan fingerprint density at radius 1 is 1.09 bits per heavy atom. The number of esters is 1. The Kier molecular flexibility index (Phi) is 9.19. The van der Waals surface area contributed by atoms with Crippen LogP contribution in [0.2, 0.25) is 0 Å². The highest BCUT2D eigenvalue weighted by Gasteiger charge is 2.20. The van der Waals surface area contributed by atoms with Crippen LogP contribution >= 0.6 is 11.8 Å². The van der Waals surface area contributed by atoms with Gasteiger partial charge in [0.25, 0.3) is 5.91 Å². The molecule has 1 aromatic heterocycles. The van der Waals surface area contributed by atoms with Crippen LogP contribution in [-0.2, 0) is 16.1 Å². The minimum absolute atomic E-state index is 0.0969. The molecule has 9 nitrogen and oxygen atoms in total. The topological polar surface area (TPSA) is 115 Å². The lowest BCUT2D eigenvalue weighted by Crippen LogP contribution is -2.28. The van der Waals surface area contributed by atoms with Crippen LogP contribution in [0.5, 0.6) is 0 Å². The van der Waals surface area contributed by atoms with Crippen molar-refractivity contribution in [1.29, 1.82) is 0 Å². The molecule has 0 aliphatic carbocycles. The average Bonchev–Trinajstić information content (AvgIpc) is 3.26. The Morgan fingerprint density at radius 2 is 1.80 bits per heavy atom. The summed E-state index contributed by atoms with van der Waals surface area (Å²) in [6.45, 7) is 8.07. The van der Waals surface area contributed by atoms with Crippen LogP contribution in [0, 0.1) is 0 Å². The second kappa shape index (κ2) is 12.5. The number of hydrogen-bond donors (Lipinski definition) is 2. The van der Waals surface area contributed by atoms with Gasteiger partial charge < -0.3 is 19.9 Å². The molecule has 0 bridgehead atoms. The highest BCUT2D eigenvalue weighted by Crippen LogP contribution is 2.21. The first-order chi connectivity index (χ1) is 16.9. The number of benzene rings is 2. The number of hydrogen-bond acceptors (Lipinski definition) is 7. The Labute approximate surface area is 208 Å². The minimum Gasteiger partial charge on any atom is -0.462 e. The van der Waals surface area contributed by atoms with Gasteiger partial charge >= 0.3 is 5.97 Å². The molecular formula is C25H27N5O4S. The van der Waals surface area contributed by atoms with Crippen molar-refractivity contribution in [2.24, 2.45) is 0 Å². The zero-order valence-electron chi connectivity index (χ0n) is 19.6. The molecule has 10 heteroatoms. The summed E-state index contributed by atoms with van der Waals surface area (Å²) in [5.41, 5.74) is 1.53. The number of allylic oxidation sites excluding steroid dienone is 1. The molecule has 0 saturated heterocycles. The molecule has 0 aliphatic heterocycles. The van der Waals surface area contributed by atoms with Gasteiger partial charge in [-0.3, -0.25) is 9.59 Å². The van der Waals surface area contributed by atoms with E-state index in [1.807, 2.05) is 17.6 Å². The van der Waals surface area contributed by atoms with E-state index in [2.05, 4.69) is 27.4 Å². The van der Waals surface area contributed by atoms with Gasteiger partial charge in [-0.25, -0.2) is 4.79 Å². The minimum atomic E-state index is -0.410. The van der Waals surface area contributed by atoms with E-state index in [0.29, 0.717) is 40.9 Å². The normalized spacial score (nSPS) is 11.4. The fraction of sp³-hybridized carbons (Fsp3) is 0.240. The molecule has 35 heavy (non-hydrogen) atoms. The van der Waals surface area contributed by atoms with Gasteiger partial charge in [0.15, 0.2) is 11.0 Å². The van der Waals surface area contributed by atoms with Crippen LogP contribution in [0.15, 0.2) is 72.4 Å². The molecular weight excluding hydrogens is 466 g/mol. The predicted octanol–water partition coefficient (Wildman–Crippen LogP) is 3.86. The van der Waals surface area contributed by atoms with Crippen LogP contribution in [-0.4, -0.2) is 44.9 Å². The number of amides is 2. The van der Waals surface area contributed by atoms with Gasteiger partial charge in [-0.05, 0) is 50.2 Å². The summed E-state index contributed by atoms with van der Waals surface area (Å²) in [5, 5.41) is 14.7. The summed E-state index contributed by atoms with van der Waals surface area (Å²) in [6, 6.07) is 15.0. The highest BCUT2D eigenvalue weighted by molar-refractivity contribution is 7.99. The first kappa shape index (κ1) is 25.7. The number of aromatic nitrogens is 3. The van der Waals surface area contributed by atoms with Gasteiger partial charge in [-0.15, -0.1) is 16.8 Å². The fourth-order valence-electron chi connectivity index (χ4n) is 3.19. The molecule has 3 aromatic rings. The van der Waals surface area contributed by atoms with E-state index in [9.17, 15) is 14.4 Å². The third-order valence-corrected chi connectivity index (χ3v) is 5.81. The van der Waals surface area contributed by atoms with Gasteiger partial charge in [0, 0.05) is 17.8 Å². The number of anilines is 1. The van der Waals surface area contributed by atoms with Gasteiger partial charge in [-0.1, -0.05) is 36.0 Å². The summed E-state index contributed by atoms with van der Waals surface area (Å²) in [7, 11) is 0. The van der Waals surface area contributed by atoms with Crippen LogP contribution in [0.4, 0.5) is 5.69 Å². The van der Waals surface area contributed by atoms with Crippen molar-refractivity contribution in [3.63, 3.8) is 0 Å². The quantitative estimate of drug-likeness (QED) is 0.237. The second-order valence-electron chi connectivity index (χ2n) is 7.44. The Balaban J connectivity index is 1.61. The number of carbonyl (C=O) groups excluding carboxylic acids is 3. The molecule has 2 N–H and O–H groups in total. The zero-order valence-corrected chi connectivity index (χ0v) is 20.4. The van der Waals surface area contributed by atoms with E-state index in [4.69, 9.17) is 4.74 Å². The number of ether oxygens (including phenoxy) is 1. The van der Waals surface area contributed by atoms with Crippen LogP contribution in [0.25, 0.3) is 0 Å². The largest absolute Gasteiger partial charge is 0.462 e. The third-order valence-electron chi connectivity index (χ3n) is 4.84. The number of thioether (sulfide) groups is 1. The maximum absolute atomic E-state index is 12.5. The average molecular weight is 494 g/mol. The summed E-state index contributed by atoms with van der Waals surface area (Å²) in [5.74, 6) is -0.202. The van der Waals surface area contributed by atoms with Crippen molar-refractivity contribution in [3.8, 4) is 0 Å². The molecule has 2 aromatic carbocycles. The summed E-state index contributed by atoms with van der Waals surface area (Å²) >= 11 is 1.23. The molecule has 1 heterocycles. The van der Waals surface area contributed by atoms with Gasteiger partial charge in [0.2, 0.25) is 5.91 Å². The van der Waals surface area contributed by atoms with E-state index >= 15 is 0 Å². The van der Waals surface area contributed by atoms with Crippen molar-refractivity contribution in [2.75, 3.05) is 17.7 Å². The van der Waals surface area contributed by atoms with Gasteiger partial charge in [0.05, 0.1) is 24.0 Å². The van der Waals surface area contributed by atoms with Gasteiger partial charge in [-0.2, -0.15) is 0 Å². The van der Waals surface area contributed by atoms with Crippen LogP contribution < -0.4 is 10.6 Å². The van der Waals surface area contributed by atoms with E-state index in [0.717, 1.165) is 0 Å². The molecule has 0 fully saturated rings. The van der Waals surface area contributed by atoms with Crippen molar-refractivity contribution in [1.82, 2.24) is 20.1 Å². The summed E-state index contributed by atoms with van der Waals surface area (Å²) in [6.07, 6.45) is 1.70. The van der Waals surface area contributed by atoms with Crippen molar-refractivity contribution in [2.45, 2.75) is 31.6 Å². The van der Waals surface area contributed by atoms with Gasteiger partial charge in [0.1, 0.15) is 0 Å². The summed E-state index contributed by atoms with van der Waals surface area (Å²) in [4.78, 5) is 36.7. The second-order valence-corrected chi connectivity index (χ2v) is 8.38. The van der Waals surface area contributed by atoms with Crippen LogP contribution in [0.1, 0.15) is 46.4 Å². The number of nitrogens with one attached hydrogen (secondary N) is 2. The maximum Gasteiger partial charge on any atom is 0.338 e. The lowest BCUT2D eigenvalue weighted by molar-refractivity contribution is -0.113. The maximum atomic E-state index is 12.5. The fourth-order valence-corrected chi connectivity index (χ4v) is 3.95. The smallest absolute Gasteiger partial charge is 0.338 e. The Hall–Kier alpha value is -3.92. The highest BCUT2D eigenvalue weighted by atomic mass is 32.2. The van der Waals surface area contributed by atoms with E-state index in [1.165, 1.54) is 11.8 Å². The number of carbonyl (C=O) groups is 3. The molecule has 3 rings (SSSR count). The standard InChI is InChI=1S/C25H27N5O4S/c1-4-15-30-22(17(3)26-23(32)18-9-7-6-8-10-18)28-29-25(30)35-16-21(31)27-20-13-11-19(12-14-20)24(33)34-5-2/h4,6-14,17H,1,5,15-16H2,2-3H3,(H,26,32)(H,27,31)/t17-/m0/s1. The number of nitrogens with zero attached hydrogens (tertiary/aromatic N) is 3. The van der Waals surface area contributed by atoms with E-state index in [1.54, 1.807) is 61.5 Å². The molecule has 0 spiro atoms. The monoisotopic (exact) mass is 493 g/mol. The Bertz CT molecular complexity index is 1180. The van der Waals surface area contributed by atoms with E-state index in [-0.39, 0.29) is 17.6 Å². The molecule has 0 unspecified atom stereocenters. The zero-order chi connectivity index (χ0) is 25.2.